The quantitative estimate of drug-likeness (QED) is 0.268. The number of rotatable bonds is 10. The molecule has 7 nitrogen and oxygen atoms in total. The van der Waals surface area contributed by atoms with Crippen molar-refractivity contribution in [3.8, 4) is 0 Å². The van der Waals surface area contributed by atoms with Crippen molar-refractivity contribution in [3.05, 3.63) is 89.5 Å². The van der Waals surface area contributed by atoms with Crippen molar-refractivity contribution in [3.63, 3.8) is 0 Å². The second-order valence-electron chi connectivity index (χ2n) is 8.63. The van der Waals surface area contributed by atoms with Crippen LogP contribution in [0.3, 0.4) is 0 Å². The van der Waals surface area contributed by atoms with Gasteiger partial charge >= 0.3 is 0 Å². The highest BCUT2D eigenvalue weighted by atomic mass is 32.2. The first kappa shape index (κ1) is 26.7. The van der Waals surface area contributed by atoms with E-state index < -0.39 is 9.84 Å². The molecule has 9 heteroatoms. The third-order valence-electron chi connectivity index (χ3n) is 6.21. The highest BCUT2D eigenvalue weighted by Gasteiger charge is 2.24. The predicted octanol–water partition coefficient (Wildman–Crippen LogP) is 4.92. The zero-order valence-electron chi connectivity index (χ0n) is 21.0. The number of benzene rings is 3. The molecule has 0 fully saturated rings. The van der Waals surface area contributed by atoms with Gasteiger partial charge < -0.3 is 4.90 Å². The highest BCUT2D eigenvalue weighted by molar-refractivity contribution is 7.91. The van der Waals surface area contributed by atoms with Gasteiger partial charge in [0, 0.05) is 36.0 Å². The second kappa shape index (κ2) is 11.3. The summed E-state index contributed by atoms with van der Waals surface area (Å²) in [5, 5.41) is 0.438. The molecule has 0 bridgehead atoms. The Kier molecular flexibility index (Phi) is 8.16. The van der Waals surface area contributed by atoms with Gasteiger partial charge in [0.05, 0.1) is 9.60 Å². The summed E-state index contributed by atoms with van der Waals surface area (Å²) in [6.45, 7) is 6.83. The average Bonchev–Trinajstić information content (AvgIpc) is 3.34. The van der Waals surface area contributed by atoms with Crippen molar-refractivity contribution in [2.45, 2.75) is 18.7 Å². The molecule has 4 rings (SSSR count). The van der Waals surface area contributed by atoms with E-state index in [-0.39, 0.29) is 16.6 Å². The van der Waals surface area contributed by atoms with Gasteiger partial charge in [0.25, 0.3) is 5.91 Å². The number of nitrogens with zero attached hydrogens (tertiary/aromatic N) is 3. The third-order valence-corrected chi connectivity index (χ3v) is 8.38. The van der Waals surface area contributed by atoms with Crippen LogP contribution in [0, 0.1) is 0 Å². The highest BCUT2D eigenvalue weighted by Crippen LogP contribution is 2.33. The van der Waals surface area contributed by atoms with E-state index in [2.05, 4.69) is 23.7 Å². The lowest BCUT2D eigenvalue weighted by Gasteiger charge is -2.24. The summed E-state index contributed by atoms with van der Waals surface area (Å²) in [4.78, 5) is 35.1. The number of likely N-dealkylation sites (N-methyl/N-ethyl adjacent to an activating group) is 1. The Bertz CT molecular complexity index is 1510. The number of fused-ring (bicyclic) bond motifs is 1. The Hall–Kier alpha value is -3.40. The minimum Gasteiger partial charge on any atom is -0.302 e. The van der Waals surface area contributed by atoms with E-state index in [9.17, 15) is 18.0 Å². The number of ketones is 1. The Morgan fingerprint density at radius 1 is 0.811 bits per heavy atom. The van der Waals surface area contributed by atoms with Gasteiger partial charge in [-0.05, 0) is 37.4 Å². The van der Waals surface area contributed by atoms with Crippen LogP contribution in [-0.4, -0.2) is 62.4 Å². The summed E-state index contributed by atoms with van der Waals surface area (Å²) in [6.07, 6.45) is 1.16. The Morgan fingerprint density at radius 3 is 2.05 bits per heavy atom. The summed E-state index contributed by atoms with van der Waals surface area (Å²) in [5.74, 6) is -0.372. The molecule has 1 amide bonds. The maximum absolute atomic E-state index is 13.7. The van der Waals surface area contributed by atoms with Gasteiger partial charge in [0.2, 0.25) is 0 Å². The number of hydrogen-bond donors (Lipinski definition) is 0. The molecule has 0 radical (unpaired) electrons. The van der Waals surface area contributed by atoms with E-state index in [0.717, 1.165) is 19.3 Å². The predicted molar refractivity (Wildman–Crippen MR) is 149 cm³/mol. The molecule has 0 saturated heterocycles. The lowest BCUT2D eigenvalue weighted by Crippen LogP contribution is -2.38. The first-order valence-corrected chi connectivity index (χ1v) is 14.8. The van der Waals surface area contributed by atoms with Crippen LogP contribution in [0.15, 0.2) is 77.7 Å². The molecule has 0 atom stereocenters. The molecule has 192 valence electrons. The number of sulfone groups is 1. The average molecular weight is 536 g/mol. The molecule has 0 unspecified atom stereocenters. The van der Waals surface area contributed by atoms with Gasteiger partial charge in [-0.15, -0.1) is 0 Å². The number of thiazole rings is 1. The largest absolute Gasteiger partial charge is 0.302 e. The standard InChI is InChI=1S/C28H29N3O4S2/c1-4-30(5-2)18-19-31(28-29-25-23(36-28)12-9-13-24(25)37(3,34)35)27(33)22-16-14-21(15-17-22)26(32)20-10-7-6-8-11-20/h6-17H,4-5,18-19H2,1-3H3. The van der Waals surface area contributed by atoms with Crippen molar-refractivity contribution in [2.75, 3.05) is 37.3 Å². The SMILES string of the molecule is CCN(CC)CCN(C(=O)c1ccc(C(=O)c2ccccc2)cc1)c1nc2c(S(C)(=O)=O)cccc2s1. The number of carbonyl (C=O) groups is 2. The van der Waals surface area contributed by atoms with E-state index in [1.807, 2.05) is 24.3 Å². The van der Waals surface area contributed by atoms with Crippen LogP contribution in [0.1, 0.15) is 40.1 Å². The first-order chi connectivity index (χ1) is 17.7. The maximum Gasteiger partial charge on any atom is 0.260 e. The monoisotopic (exact) mass is 535 g/mol. The lowest BCUT2D eigenvalue weighted by atomic mass is 10.0. The van der Waals surface area contributed by atoms with E-state index in [1.54, 1.807) is 47.4 Å². The normalized spacial score (nSPS) is 11.7. The number of hydrogen-bond acceptors (Lipinski definition) is 7. The topological polar surface area (TPSA) is 87.7 Å². The molecule has 1 heterocycles. The minimum atomic E-state index is -3.48. The van der Waals surface area contributed by atoms with Crippen molar-refractivity contribution in [1.82, 2.24) is 9.88 Å². The molecular weight excluding hydrogens is 506 g/mol. The zero-order chi connectivity index (χ0) is 26.6. The van der Waals surface area contributed by atoms with Crippen LogP contribution in [0.5, 0.6) is 0 Å². The van der Waals surface area contributed by atoms with Crippen LogP contribution >= 0.6 is 11.3 Å². The molecule has 37 heavy (non-hydrogen) atoms. The van der Waals surface area contributed by atoms with E-state index >= 15 is 0 Å². The van der Waals surface area contributed by atoms with Crippen molar-refractivity contribution in [2.24, 2.45) is 0 Å². The molecule has 0 saturated carbocycles. The van der Waals surface area contributed by atoms with Crippen LogP contribution < -0.4 is 4.90 Å². The third kappa shape index (κ3) is 5.95. The first-order valence-electron chi connectivity index (χ1n) is 12.1. The van der Waals surface area contributed by atoms with Gasteiger partial charge in [0.1, 0.15) is 5.52 Å². The van der Waals surface area contributed by atoms with Crippen LogP contribution in [0.4, 0.5) is 5.13 Å². The van der Waals surface area contributed by atoms with Gasteiger partial charge in [-0.2, -0.15) is 0 Å². The summed E-state index contributed by atoms with van der Waals surface area (Å²) in [6, 6.07) is 20.6. The Labute approximate surface area is 221 Å². The maximum atomic E-state index is 13.7. The van der Waals surface area contributed by atoms with Gasteiger partial charge in [-0.1, -0.05) is 73.7 Å². The number of anilines is 1. The Balaban J connectivity index is 1.68. The van der Waals surface area contributed by atoms with Crippen LogP contribution in [0.25, 0.3) is 10.2 Å². The summed E-state index contributed by atoms with van der Waals surface area (Å²) >= 11 is 1.29. The van der Waals surface area contributed by atoms with Crippen molar-refractivity contribution >= 4 is 48.2 Å². The fourth-order valence-electron chi connectivity index (χ4n) is 4.07. The van der Waals surface area contributed by atoms with E-state index in [4.69, 9.17) is 0 Å². The number of amides is 1. The van der Waals surface area contributed by atoms with Crippen molar-refractivity contribution in [1.29, 1.82) is 0 Å². The number of para-hydroxylation sites is 1. The van der Waals surface area contributed by atoms with E-state index in [1.165, 1.54) is 17.4 Å². The molecular formula is C28H29N3O4S2. The number of carbonyl (C=O) groups excluding carboxylic acids is 2. The molecule has 0 aliphatic heterocycles. The van der Waals surface area contributed by atoms with Gasteiger partial charge in [-0.25, -0.2) is 13.4 Å². The van der Waals surface area contributed by atoms with Crippen LogP contribution in [0.2, 0.25) is 0 Å². The Morgan fingerprint density at radius 2 is 1.43 bits per heavy atom. The van der Waals surface area contributed by atoms with Gasteiger partial charge in [-0.3, -0.25) is 14.5 Å². The fourth-order valence-corrected chi connectivity index (χ4v) is 5.98. The summed E-state index contributed by atoms with van der Waals surface area (Å²) in [7, 11) is -3.48. The molecule has 1 aromatic heterocycles. The number of aromatic nitrogens is 1. The van der Waals surface area contributed by atoms with Gasteiger partial charge in [0.15, 0.2) is 20.8 Å². The van der Waals surface area contributed by atoms with Crippen LogP contribution in [-0.2, 0) is 9.84 Å². The zero-order valence-corrected chi connectivity index (χ0v) is 22.7. The molecule has 0 spiro atoms. The fraction of sp³-hybridized carbons (Fsp3) is 0.250. The molecule has 3 aromatic carbocycles. The summed E-state index contributed by atoms with van der Waals surface area (Å²) in [5.41, 5.74) is 1.87. The summed E-state index contributed by atoms with van der Waals surface area (Å²) < 4.78 is 25.3. The smallest absolute Gasteiger partial charge is 0.260 e. The lowest BCUT2D eigenvalue weighted by molar-refractivity contribution is 0.0981. The molecule has 0 N–H and O–H groups in total. The molecule has 4 aromatic rings. The minimum absolute atomic E-state index is 0.113. The molecule has 0 aliphatic rings. The molecule has 0 aliphatic carbocycles. The van der Waals surface area contributed by atoms with E-state index in [0.29, 0.717) is 45.1 Å². The van der Waals surface area contributed by atoms with Crippen molar-refractivity contribution < 1.29 is 18.0 Å². The second-order valence-corrected chi connectivity index (χ2v) is 11.6.